The van der Waals surface area contributed by atoms with E-state index >= 15 is 0 Å². The van der Waals surface area contributed by atoms with Crippen LogP contribution in [-0.2, 0) is 11.3 Å². The van der Waals surface area contributed by atoms with E-state index in [2.05, 4.69) is 23.3 Å². The fourth-order valence-corrected chi connectivity index (χ4v) is 6.40. The van der Waals surface area contributed by atoms with Crippen LogP contribution in [0.4, 0.5) is 0 Å². The molecule has 4 aliphatic carbocycles. The van der Waals surface area contributed by atoms with Gasteiger partial charge < -0.3 is 10.4 Å². The molecule has 2 N–H and O–H groups in total. The molecule has 4 saturated carbocycles. The maximum Gasteiger partial charge on any atom is 0.226 e. The van der Waals surface area contributed by atoms with Gasteiger partial charge in [0.1, 0.15) is 0 Å². The predicted octanol–water partition coefficient (Wildman–Crippen LogP) is 3.43. The van der Waals surface area contributed by atoms with Gasteiger partial charge in [0.15, 0.2) is 0 Å². The van der Waals surface area contributed by atoms with Crippen molar-refractivity contribution >= 4 is 5.91 Å². The molecular weight excluding hydrogens is 312 g/mol. The van der Waals surface area contributed by atoms with Gasteiger partial charge in [0.25, 0.3) is 0 Å². The van der Waals surface area contributed by atoms with Crippen molar-refractivity contribution in [3.63, 3.8) is 0 Å². The minimum Gasteiger partial charge on any atom is -0.390 e. The molecular formula is C21H30N2O2. The highest BCUT2D eigenvalue weighted by atomic mass is 16.3. The van der Waals surface area contributed by atoms with Gasteiger partial charge in [-0.05, 0) is 74.8 Å². The summed E-state index contributed by atoms with van der Waals surface area (Å²) >= 11 is 0. The molecule has 4 atom stereocenters. The molecule has 4 fully saturated rings. The van der Waals surface area contributed by atoms with E-state index in [4.69, 9.17) is 0 Å². The first kappa shape index (κ1) is 17.0. The number of rotatable bonds is 4. The number of carbonyl (C=O) groups is 1. The smallest absolute Gasteiger partial charge is 0.226 e. The molecule has 4 nitrogen and oxygen atoms in total. The number of carbonyl (C=O) groups excluding carboxylic acids is 1. The lowest BCUT2D eigenvalue weighted by atomic mass is 9.42. The second-order valence-electron chi connectivity index (χ2n) is 9.30. The zero-order chi connectivity index (χ0) is 17.9. The van der Waals surface area contributed by atoms with E-state index in [1.54, 1.807) is 0 Å². The molecule has 1 aromatic rings. The van der Waals surface area contributed by atoms with Crippen molar-refractivity contribution in [3.05, 3.63) is 29.1 Å². The number of amides is 1. The third-order valence-corrected chi connectivity index (χ3v) is 7.24. The number of aliphatic hydroxyl groups is 1. The zero-order valence-electron chi connectivity index (χ0n) is 15.7. The number of nitrogens with zero attached hydrogens (tertiary/aromatic N) is 1. The fraction of sp³-hybridized carbons (Fsp3) is 0.714. The summed E-state index contributed by atoms with van der Waals surface area (Å²) in [5.74, 6) is 0.654. The Kier molecular flexibility index (Phi) is 3.77. The molecule has 0 aliphatic heterocycles. The van der Waals surface area contributed by atoms with Gasteiger partial charge >= 0.3 is 0 Å². The van der Waals surface area contributed by atoms with Crippen LogP contribution < -0.4 is 5.32 Å². The van der Waals surface area contributed by atoms with Crippen molar-refractivity contribution in [1.29, 1.82) is 0 Å². The van der Waals surface area contributed by atoms with Crippen LogP contribution in [0, 0.1) is 30.6 Å². The number of hydrogen-bond donors (Lipinski definition) is 2. The molecule has 136 valence electrons. The molecule has 4 bridgehead atoms. The SMILES string of the molecule is CCC12CC3CC(O)(C1)CC(C(=O)NCc1cnc(C)c(C)c1)(C3)C2. The number of nitrogens with one attached hydrogen (secondary N) is 1. The molecule has 0 saturated heterocycles. The minimum absolute atomic E-state index is 0.145. The summed E-state index contributed by atoms with van der Waals surface area (Å²) in [6, 6.07) is 2.10. The summed E-state index contributed by atoms with van der Waals surface area (Å²) in [7, 11) is 0. The summed E-state index contributed by atoms with van der Waals surface area (Å²) in [4.78, 5) is 17.6. The fourth-order valence-electron chi connectivity index (χ4n) is 6.40. The van der Waals surface area contributed by atoms with Crippen molar-refractivity contribution in [1.82, 2.24) is 10.3 Å². The van der Waals surface area contributed by atoms with Crippen molar-refractivity contribution in [3.8, 4) is 0 Å². The monoisotopic (exact) mass is 342 g/mol. The predicted molar refractivity (Wildman–Crippen MR) is 96.9 cm³/mol. The van der Waals surface area contributed by atoms with E-state index in [1.165, 1.54) is 6.42 Å². The summed E-state index contributed by atoms with van der Waals surface area (Å²) in [5, 5.41) is 14.2. The van der Waals surface area contributed by atoms with Gasteiger partial charge in [0.05, 0.1) is 11.0 Å². The van der Waals surface area contributed by atoms with Gasteiger partial charge in [-0.2, -0.15) is 0 Å². The summed E-state index contributed by atoms with van der Waals surface area (Å²) in [6.07, 6.45) is 8.46. The van der Waals surface area contributed by atoms with Crippen LogP contribution in [-0.4, -0.2) is 21.6 Å². The third-order valence-electron chi connectivity index (χ3n) is 7.24. The summed E-state index contributed by atoms with van der Waals surface area (Å²) in [5.41, 5.74) is 2.42. The van der Waals surface area contributed by atoms with Crippen LogP contribution in [0.15, 0.2) is 12.3 Å². The summed E-state index contributed by atoms with van der Waals surface area (Å²) in [6.45, 7) is 6.80. The second kappa shape index (κ2) is 5.54. The first-order chi connectivity index (χ1) is 11.8. The Morgan fingerprint density at radius 2 is 2.08 bits per heavy atom. The normalized spacial score (nSPS) is 38.8. The van der Waals surface area contributed by atoms with Gasteiger partial charge in [0, 0.05) is 18.4 Å². The maximum absolute atomic E-state index is 13.2. The first-order valence-electron chi connectivity index (χ1n) is 9.70. The number of hydrogen-bond acceptors (Lipinski definition) is 3. The first-order valence-corrected chi connectivity index (χ1v) is 9.70. The molecule has 4 aliphatic rings. The molecule has 1 heterocycles. The molecule has 4 unspecified atom stereocenters. The van der Waals surface area contributed by atoms with Crippen molar-refractivity contribution < 1.29 is 9.90 Å². The molecule has 5 rings (SSSR count). The molecule has 0 radical (unpaired) electrons. The van der Waals surface area contributed by atoms with E-state index in [9.17, 15) is 9.90 Å². The molecule has 0 spiro atoms. The van der Waals surface area contributed by atoms with Gasteiger partial charge in [0.2, 0.25) is 5.91 Å². The van der Waals surface area contributed by atoms with Crippen molar-refractivity contribution in [2.75, 3.05) is 0 Å². The largest absolute Gasteiger partial charge is 0.390 e. The average molecular weight is 342 g/mol. The lowest BCUT2D eigenvalue weighted by molar-refractivity contribution is -0.204. The van der Waals surface area contributed by atoms with Crippen LogP contribution in [0.5, 0.6) is 0 Å². The number of aromatic nitrogens is 1. The van der Waals surface area contributed by atoms with E-state index < -0.39 is 5.60 Å². The molecule has 1 amide bonds. The van der Waals surface area contributed by atoms with Crippen LogP contribution in [0.1, 0.15) is 68.7 Å². The standard InChI is InChI=1S/C21H30N2O2/c1-4-19-6-17-7-20(11-19,13-21(25,8-17)12-19)18(24)23-10-16-5-14(2)15(3)22-9-16/h5,9,17,25H,4,6-8,10-13H2,1-3H3,(H,23,24). The van der Waals surface area contributed by atoms with E-state index in [0.717, 1.165) is 48.9 Å². The van der Waals surface area contributed by atoms with Gasteiger partial charge in [-0.15, -0.1) is 0 Å². The van der Waals surface area contributed by atoms with Gasteiger partial charge in [-0.25, -0.2) is 0 Å². The Morgan fingerprint density at radius 3 is 2.76 bits per heavy atom. The van der Waals surface area contributed by atoms with Crippen LogP contribution in [0.25, 0.3) is 0 Å². The van der Waals surface area contributed by atoms with Crippen molar-refractivity contribution in [2.45, 2.75) is 77.9 Å². The highest BCUT2D eigenvalue weighted by Gasteiger charge is 2.64. The lowest BCUT2D eigenvalue weighted by Gasteiger charge is -2.64. The van der Waals surface area contributed by atoms with Gasteiger partial charge in [-0.1, -0.05) is 19.4 Å². The Hall–Kier alpha value is -1.42. The second-order valence-corrected chi connectivity index (χ2v) is 9.30. The highest BCUT2D eigenvalue weighted by molar-refractivity contribution is 5.83. The van der Waals surface area contributed by atoms with Gasteiger partial charge in [-0.3, -0.25) is 9.78 Å². The number of pyridine rings is 1. The Morgan fingerprint density at radius 1 is 1.28 bits per heavy atom. The molecule has 4 heteroatoms. The lowest BCUT2D eigenvalue weighted by Crippen LogP contribution is -2.63. The quantitative estimate of drug-likeness (QED) is 0.881. The maximum atomic E-state index is 13.2. The zero-order valence-corrected chi connectivity index (χ0v) is 15.7. The van der Waals surface area contributed by atoms with E-state index in [1.807, 2.05) is 20.0 Å². The number of aryl methyl sites for hydroxylation is 2. The third kappa shape index (κ3) is 2.79. The van der Waals surface area contributed by atoms with E-state index in [0.29, 0.717) is 18.9 Å². The van der Waals surface area contributed by atoms with Crippen LogP contribution >= 0.6 is 0 Å². The minimum atomic E-state index is -0.616. The Bertz CT molecular complexity index is 718. The van der Waals surface area contributed by atoms with Crippen molar-refractivity contribution in [2.24, 2.45) is 16.7 Å². The molecule has 0 aromatic carbocycles. The molecule has 25 heavy (non-hydrogen) atoms. The summed E-state index contributed by atoms with van der Waals surface area (Å²) < 4.78 is 0. The Balaban J connectivity index is 1.52. The van der Waals surface area contributed by atoms with Crippen LogP contribution in [0.2, 0.25) is 0 Å². The Labute approximate surface area is 150 Å². The highest BCUT2D eigenvalue weighted by Crippen LogP contribution is 2.67. The van der Waals surface area contributed by atoms with Crippen LogP contribution in [0.3, 0.4) is 0 Å². The average Bonchev–Trinajstić information content (AvgIpc) is 2.53. The topological polar surface area (TPSA) is 62.2 Å². The molecule has 1 aromatic heterocycles. The van der Waals surface area contributed by atoms with E-state index in [-0.39, 0.29) is 16.7 Å².